The number of hydrazine groups is 1. The van der Waals surface area contributed by atoms with E-state index in [2.05, 4.69) is 10.9 Å². The van der Waals surface area contributed by atoms with Crippen molar-refractivity contribution in [3.8, 4) is 11.5 Å². The lowest BCUT2D eigenvalue weighted by Gasteiger charge is -2.29. The lowest BCUT2D eigenvalue weighted by atomic mass is 9.78. The van der Waals surface area contributed by atoms with Gasteiger partial charge in [0.1, 0.15) is 12.4 Å². The minimum absolute atomic E-state index is 0.0494. The predicted molar refractivity (Wildman–Crippen MR) is 99.2 cm³/mol. The number of halogens is 1. The number of carbonyl (C=O) groups excluding carboxylic acids is 2. The van der Waals surface area contributed by atoms with E-state index < -0.39 is 17.4 Å². The molecule has 2 aliphatic rings. The van der Waals surface area contributed by atoms with E-state index in [1.165, 1.54) is 12.1 Å². The molecule has 2 N–H and O–H groups in total. The highest BCUT2D eigenvalue weighted by Gasteiger charge is 2.43. The maximum Gasteiger partial charge on any atom is 0.283 e. The third-order valence-electron chi connectivity index (χ3n) is 5.37. The van der Waals surface area contributed by atoms with Gasteiger partial charge in [-0.1, -0.05) is 37.1 Å². The normalized spacial score (nSPS) is 19.7. The third-order valence-corrected chi connectivity index (χ3v) is 5.37. The molecule has 0 radical (unpaired) electrons. The number of ether oxygens (including phenoxy) is 2. The molecule has 0 bridgehead atoms. The van der Waals surface area contributed by atoms with E-state index in [-0.39, 0.29) is 18.3 Å². The molecule has 1 saturated carbocycles. The number of hydrogen-bond acceptors (Lipinski definition) is 4. The molecule has 2 amide bonds. The monoisotopic (exact) mass is 384 g/mol. The fourth-order valence-electron chi connectivity index (χ4n) is 3.88. The Hall–Kier alpha value is -3.09. The van der Waals surface area contributed by atoms with E-state index in [0.29, 0.717) is 29.9 Å². The first-order valence-corrected chi connectivity index (χ1v) is 9.33. The van der Waals surface area contributed by atoms with Crippen molar-refractivity contribution in [3.63, 3.8) is 0 Å². The third kappa shape index (κ3) is 3.40. The van der Waals surface area contributed by atoms with Crippen molar-refractivity contribution < 1.29 is 23.5 Å². The van der Waals surface area contributed by atoms with Crippen molar-refractivity contribution in [2.75, 3.05) is 6.61 Å². The number of rotatable bonds is 3. The Morgan fingerprint density at radius 3 is 2.50 bits per heavy atom. The van der Waals surface area contributed by atoms with E-state index in [4.69, 9.17) is 9.47 Å². The summed E-state index contributed by atoms with van der Waals surface area (Å²) in [4.78, 5) is 25.4. The Kier molecular flexibility index (Phi) is 4.90. The van der Waals surface area contributed by atoms with Crippen LogP contribution in [0, 0.1) is 5.82 Å². The zero-order valence-electron chi connectivity index (χ0n) is 15.2. The molecule has 0 aromatic heterocycles. The quantitative estimate of drug-likeness (QED) is 0.798. The molecule has 1 aliphatic carbocycles. The smallest absolute Gasteiger partial charge is 0.283 e. The Labute approximate surface area is 162 Å². The van der Waals surface area contributed by atoms with Crippen LogP contribution < -0.4 is 20.3 Å². The highest BCUT2D eigenvalue weighted by molar-refractivity contribution is 5.91. The largest absolute Gasteiger partial charge is 0.485 e. The molecule has 1 heterocycles. The molecule has 146 valence electrons. The van der Waals surface area contributed by atoms with Gasteiger partial charge in [0, 0.05) is 0 Å². The predicted octanol–water partition coefficient (Wildman–Crippen LogP) is 2.62. The maximum absolute atomic E-state index is 13.7. The van der Waals surface area contributed by atoms with Gasteiger partial charge in [0.25, 0.3) is 5.91 Å². The summed E-state index contributed by atoms with van der Waals surface area (Å²) in [6.45, 7) is 0.0494. The molecule has 1 aliphatic heterocycles. The van der Waals surface area contributed by atoms with E-state index >= 15 is 0 Å². The molecule has 0 spiro atoms. The van der Waals surface area contributed by atoms with E-state index in [1.54, 1.807) is 30.3 Å². The van der Waals surface area contributed by atoms with Gasteiger partial charge in [-0.15, -0.1) is 0 Å². The number of benzene rings is 2. The van der Waals surface area contributed by atoms with Gasteiger partial charge in [-0.3, -0.25) is 20.4 Å². The highest BCUT2D eigenvalue weighted by Crippen LogP contribution is 2.41. The second-order valence-corrected chi connectivity index (χ2v) is 7.11. The first kappa shape index (κ1) is 18.3. The Bertz CT molecular complexity index is 895. The van der Waals surface area contributed by atoms with E-state index in [9.17, 15) is 14.0 Å². The van der Waals surface area contributed by atoms with Gasteiger partial charge in [-0.2, -0.15) is 0 Å². The van der Waals surface area contributed by atoms with Crippen LogP contribution >= 0.6 is 0 Å². The second-order valence-electron chi connectivity index (χ2n) is 7.11. The summed E-state index contributed by atoms with van der Waals surface area (Å²) >= 11 is 0. The van der Waals surface area contributed by atoms with E-state index in [1.807, 2.05) is 6.07 Å². The van der Waals surface area contributed by atoms with E-state index in [0.717, 1.165) is 12.8 Å². The molecule has 0 saturated heterocycles. The molecular weight excluding hydrogens is 363 g/mol. The number of para-hydroxylation sites is 2. The molecule has 4 rings (SSSR count). The summed E-state index contributed by atoms with van der Waals surface area (Å²) in [6.07, 6.45) is 2.08. The standard InChI is InChI=1S/C21H21FN2O4/c22-15-7-5-6-14(12-15)21(10-3-4-11-21)20(26)24-23-19(25)18-13-27-16-8-1-2-9-17(16)28-18/h1-2,5-9,12,18H,3-4,10-11,13H2,(H,23,25)(H,24,26). The van der Waals surface area contributed by atoms with Crippen molar-refractivity contribution >= 4 is 11.8 Å². The molecule has 1 fully saturated rings. The average molecular weight is 384 g/mol. The van der Waals surface area contributed by atoms with Crippen LogP contribution in [0.25, 0.3) is 0 Å². The number of fused-ring (bicyclic) bond motifs is 1. The molecule has 2 aromatic rings. The van der Waals surface area contributed by atoms with Crippen molar-refractivity contribution in [1.29, 1.82) is 0 Å². The van der Waals surface area contributed by atoms with Crippen molar-refractivity contribution in [2.45, 2.75) is 37.2 Å². The van der Waals surface area contributed by atoms with Gasteiger partial charge in [0.05, 0.1) is 5.41 Å². The second kappa shape index (κ2) is 7.50. The molecule has 6 nitrogen and oxygen atoms in total. The summed E-state index contributed by atoms with van der Waals surface area (Å²) in [6, 6.07) is 13.2. The van der Waals surface area contributed by atoms with Gasteiger partial charge >= 0.3 is 0 Å². The van der Waals surface area contributed by atoms with Crippen molar-refractivity contribution in [2.24, 2.45) is 0 Å². The first-order chi connectivity index (χ1) is 13.6. The van der Waals surface area contributed by atoms with Crippen LogP contribution in [0.4, 0.5) is 4.39 Å². The van der Waals surface area contributed by atoms with Gasteiger partial charge in [-0.25, -0.2) is 4.39 Å². The van der Waals surface area contributed by atoms with Crippen LogP contribution in [-0.2, 0) is 15.0 Å². The van der Waals surface area contributed by atoms with Gasteiger partial charge in [0.2, 0.25) is 12.0 Å². The number of nitrogens with one attached hydrogen (secondary N) is 2. The highest BCUT2D eigenvalue weighted by atomic mass is 19.1. The molecular formula is C21H21FN2O4. The SMILES string of the molecule is O=C(NNC(=O)C1(c2cccc(F)c2)CCCC1)C1COc2ccccc2O1. The summed E-state index contributed by atoms with van der Waals surface area (Å²) < 4.78 is 24.9. The average Bonchev–Trinajstić information content (AvgIpc) is 3.22. The molecule has 7 heteroatoms. The van der Waals surface area contributed by atoms with Gasteiger partial charge in [-0.05, 0) is 42.7 Å². The summed E-state index contributed by atoms with van der Waals surface area (Å²) in [5.41, 5.74) is 4.73. The summed E-state index contributed by atoms with van der Waals surface area (Å²) in [7, 11) is 0. The summed E-state index contributed by atoms with van der Waals surface area (Å²) in [5.74, 6) is -0.179. The summed E-state index contributed by atoms with van der Waals surface area (Å²) in [5, 5.41) is 0. The number of carbonyl (C=O) groups is 2. The lowest BCUT2D eigenvalue weighted by molar-refractivity contribution is -0.137. The Morgan fingerprint density at radius 1 is 1.00 bits per heavy atom. The number of hydrogen-bond donors (Lipinski definition) is 2. The van der Waals surface area contributed by atoms with Crippen molar-refractivity contribution in [3.05, 3.63) is 59.9 Å². The molecule has 1 atom stereocenters. The molecule has 28 heavy (non-hydrogen) atoms. The molecule has 1 unspecified atom stereocenters. The first-order valence-electron chi connectivity index (χ1n) is 9.33. The van der Waals surface area contributed by atoms with Gasteiger partial charge in [0.15, 0.2) is 11.5 Å². The van der Waals surface area contributed by atoms with Crippen LogP contribution in [0.15, 0.2) is 48.5 Å². The van der Waals surface area contributed by atoms with Crippen LogP contribution in [0.5, 0.6) is 11.5 Å². The lowest BCUT2D eigenvalue weighted by Crippen LogP contribution is -2.55. The minimum atomic E-state index is -0.871. The zero-order valence-corrected chi connectivity index (χ0v) is 15.2. The van der Waals surface area contributed by atoms with Crippen LogP contribution in [0.1, 0.15) is 31.2 Å². The van der Waals surface area contributed by atoms with Crippen LogP contribution in [0.2, 0.25) is 0 Å². The zero-order chi connectivity index (χ0) is 19.6. The fourth-order valence-corrected chi connectivity index (χ4v) is 3.88. The Morgan fingerprint density at radius 2 is 1.75 bits per heavy atom. The minimum Gasteiger partial charge on any atom is -0.485 e. The number of amides is 2. The molecule has 2 aromatic carbocycles. The van der Waals surface area contributed by atoms with Gasteiger partial charge < -0.3 is 9.47 Å². The fraction of sp³-hybridized carbons (Fsp3) is 0.333. The Balaban J connectivity index is 1.42. The van der Waals surface area contributed by atoms with Crippen molar-refractivity contribution in [1.82, 2.24) is 10.9 Å². The maximum atomic E-state index is 13.7. The van der Waals surface area contributed by atoms with Crippen LogP contribution in [-0.4, -0.2) is 24.5 Å². The van der Waals surface area contributed by atoms with Crippen LogP contribution in [0.3, 0.4) is 0 Å². The topological polar surface area (TPSA) is 76.7 Å².